The number of rotatable bonds is 10. The highest BCUT2D eigenvalue weighted by atomic mass is 16.2. The maximum Gasteiger partial charge on any atom is 0.255 e. The van der Waals surface area contributed by atoms with Gasteiger partial charge in [-0.3, -0.25) is 33.7 Å². The maximum atomic E-state index is 11.9. The van der Waals surface area contributed by atoms with E-state index in [-0.39, 0.29) is 32.2 Å². The molecule has 4 N–H and O–H groups in total. The molecule has 6 amide bonds. The predicted molar refractivity (Wildman–Crippen MR) is 102 cm³/mol. The Labute approximate surface area is 173 Å². The number of imide groups is 1. The Hall–Kier alpha value is -3.24. The van der Waals surface area contributed by atoms with E-state index in [9.17, 15) is 28.8 Å². The van der Waals surface area contributed by atoms with Crippen molar-refractivity contribution in [2.75, 3.05) is 26.3 Å². The Bertz CT molecular complexity index is 770. The summed E-state index contributed by atoms with van der Waals surface area (Å²) in [5.41, 5.74) is 0. The van der Waals surface area contributed by atoms with Crippen LogP contribution in [0.5, 0.6) is 0 Å². The van der Waals surface area contributed by atoms with Crippen LogP contribution in [0.1, 0.15) is 25.7 Å². The fraction of sp³-hybridized carbons (Fsp3) is 0.579. The molecular formula is C19H25N5O6. The highest BCUT2D eigenvalue weighted by Gasteiger charge is 2.44. The Morgan fingerprint density at radius 3 is 1.77 bits per heavy atom. The number of fused-ring (bicyclic) bond motifs is 1. The molecule has 3 fully saturated rings. The lowest BCUT2D eigenvalue weighted by atomic mass is 9.82. The Morgan fingerprint density at radius 1 is 0.767 bits per heavy atom. The van der Waals surface area contributed by atoms with Gasteiger partial charge in [0.25, 0.3) is 11.8 Å². The third kappa shape index (κ3) is 5.65. The van der Waals surface area contributed by atoms with Crippen LogP contribution in [0.4, 0.5) is 0 Å². The molecule has 0 saturated heterocycles. The summed E-state index contributed by atoms with van der Waals surface area (Å²) < 4.78 is 0. The Balaban J connectivity index is 1.22. The van der Waals surface area contributed by atoms with Gasteiger partial charge in [-0.1, -0.05) is 0 Å². The molecule has 3 aliphatic carbocycles. The summed E-state index contributed by atoms with van der Waals surface area (Å²) in [4.78, 5) is 70.6. The van der Waals surface area contributed by atoms with Crippen molar-refractivity contribution >= 4 is 35.4 Å². The van der Waals surface area contributed by atoms with Crippen LogP contribution in [0.3, 0.4) is 0 Å². The molecule has 1 aliphatic heterocycles. The molecule has 162 valence electrons. The van der Waals surface area contributed by atoms with E-state index in [1.807, 2.05) is 0 Å². The molecule has 4 rings (SSSR count). The molecule has 11 nitrogen and oxygen atoms in total. The van der Waals surface area contributed by atoms with Crippen LogP contribution in [-0.4, -0.2) is 66.6 Å². The minimum Gasteiger partial charge on any atom is -0.347 e. The number of carbonyl (C=O) groups is 6. The molecule has 0 radical (unpaired) electrons. The molecule has 1 unspecified atom stereocenters. The van der Waals surface area contributed by atoms with Gasteiger partial charge in [-0.25, -0.2) is 0 Å². The van der Waals surface area contributed by atoms with Crippen LogP contribution in [0.15, 0.2) is 12.2 Å². The van der Waals surface area contributed by atoms with Crippen LogP contribution in [0, 0.1) is 17.8 Å². The van der Waals surface area contributed by atoms with Crippen molar-refractivity contribution in [1.29, 1.82) is 0 Å². The van der Waals surface area contributed by atoms with Crippen LogP contribution in [0.25, 0.3) is 0 Å². The normalized spacial score (nSPS) is 23.7. The first-order valence-corrected chi connectivity index (χ1v) is 9.92. The molecule has 1 heterocycles. The molecule has 30 heavy (non-hydrogen) atoms. The van der Waals surface area contributed by atoms with Crippen molar-refractivity contribution in [2.45, 2.75) is 25.7 Å². The second-order valence-corrected chi connectivity index (χ2v) is 7.82. The summed E-state index contributed by atoms with van der Waals surface area (Å²) >= 11 is 0. The smallest absolute Gasteiger partial charge is 0.255 e. The van der Waals surface area contributed by atoms with Gasteiger partial charge in [-0.15, -0.1) is 0 Å². The number of nitrogens with one attached hydrogen (secondary N) is 4. The van der Waals surface area contributed by atoms with Crippen molar-refractivity contribution < 1.29 is 28.8 Å². The number of carbonyl (C=O) groups excluding carboxylic acids is 6. The first kappa shape index (κ1) is 21.5. The summed E-state index contributed by atoms with van der Waals surface area (Å²) in [6.07, 6.45) is 6.17. The van der Waals surface area contributed by atoms with Crippen LogP contribution >= 0.6 is 0 Å². The Kier molecular flexibility index (Phi) is 6.80. The van der Waals surface area contributed by atoms with Crippen molar-refractivity contribution in [2.24, 2.45) is 17.8 Å². The topological polar surface area (TPSA) is 154 Å². The first-order valence-electron chi connectivity index (χ1n) is 9.92. The molecular weight excluding hydrogens is 394 g/mol. The number of nitrogens with zero attached hydrogens (tertiary/aromatic N) is 1. The van der Waals surface area contributed by atoms with Crippen molar-refractivity contribution in [3.05, 3.63) is 12.2 Å². The monoisotopic (exact) mass is 419 g/mol. The van der Waals surface area contributed by atoms with Crippen LogP contribution in [0.2, 0.25) is 0 Å². The van der Waals surface area contributed by atoms with Crippen molar-refractivity contribution in [3.8, 4) is 0 Å². The lowest BCUT2D eigenvalue weighted by Crippen LogP contribution is -2.46. The van der Waals surface area contributed by atoms with E-state index < -0.39 is 29.5 Å². The number of amides is 6. The minimum absolute atomic E-state index is 0.158. The molecule has 0 aromatic rings. The van der Waals surface area contributed by atoms with Gasteiger partial charge < -0.3 is 21.3 Å². The van der Waals surface area contributed by atoms with E-state index in [1.54, 1.807) is 0 Å². The second kappa shape index (κ2) is 9.51. The largest absolute Gasteiger partial charge is 0.347 e. The standard InChI is InChI=1S/C19H25N5O6/c25-14(6-13-5-11-3-12(13)4-11)20-7-15(26)21-8-16(27)22-9-17(28)23-10-24-18(29)1-2-19(24)30/h1-2,11-13H,3-10H2,(H,20,25)(H,21,26)(H,22,27)(H,23,28). The van der Waals surface area contributed by atoms with Gasteiger partial charge >= 0.3 is 0 Å². The van der Waals surface area contributed by atoms with E-state index in [1.165, 1.54) is 12.8 Å². The lowest BCUT2D eigenvalue weighted by molar-refractivity contribution is -0.138. The molecule has 1 atom stereocenters. The summed E-state index contributed by atoms with van der Waals surface area (Å²) in [7, 11) is 0. The number of hydrogen-bond acceptors (Lipinski definition) is 6. The van der Waals surface area contributed by atoms with Gasteiger partial charge in [0, 0.05) is 18.6 Å². The zero-order valence-corrected chi connectivity index (χ0v) is 16.4. The molecule has 0 aromatic heterocycles. The van der Waals surface area contributed by atoms with E-state index >= 15 is 0 Å². The molecule has 3 saturated carbocycles. The first-order chi connectivity index (χ1) is 14.3. The summed E-state index contributed by atoms with van der Waals surface area (Å²) in [5.74, 6) is -1.05. The SMILES string of the molecule is O=C(CNC(=O)CNC(=O)CC1CC2CC1C2)NCC(=O)NCN1C(=O)C=CC1=O. The third-order valence-corrected chi connectivity index (χ3v) is 5.70. The van der Waals surface area contributed by atoms with Crippen LogP contribution < -0.4 is 21.3 Å². The summed E-state index contributed by atoms with van der Waals surface area (Å²) in [6, 6.07) is 0. The van der Waals surface area contributed by atoms with Crippen molar-refractivity contribution in [3.63, 3.8) is 0 Å². The van der Waals surface area contributed by atoms with Gasteiger partial charge in [-0.05, 0) is 37.0 Å². The number of hydrogen-bond donors (Lipinski definition) is 4. The second-order valence-electron chi connectivity index (χ2n) is 7.82. The minimum atomic E-state index is -0.598. The predicted octanol–water partition coefficient (Wildman–Crippen LogP) is -2.23. The third-order valence-electron chi connectivity index (χ3n) is 5.70. The maximum absolute atomic E-state index is 11.9. The fourth-order valence-electron chi connectivity index (χ4n) is 4.02. The van der Waals surface area contributed by atoms with Gasteiger partial charge in [0.15, 0.2) is 0 Å². The molecule has 0 aromatic carbocycles. The average molecular weight is 419 g/mol. The molecule has 0 spiro atoms. The quantitative estimate of drug-likeness (QED) is 0.294. The zero-order chi connectivity index (χ0) is 21.7. The zero-order valence-electron chi connectivity index (χ0n) is 16.4. The molecule has 4 aliphatic rings. The molecule has 11 heteroatoms. The Morgan fingerprint density at radius 2 is 1.27 bits per heavy atom. The van der Waals surface area contributed by atoms with E-state index in [4.69, 9.17) is 0 Å². The summed E-state index contributed by atoms with van der Waals surface area (Å²) in [6.45, 7) is -1.22. The highest BCUT2D eigenvalue weighted by Crippen LogP contribution is 2.53. The lowest BCUT2D eigenvalue weighted by Gasteiger charge is -2.24. The average Bonchev–Trinajstić information content (AvgIpc) is 3.35. The van der Waals surface area contributed by atoms with Gasteiger partial charge in [0.1, 0.15) is 6.67 Å². The van der Waals surface area contributed by atoms with E-state index in [0.29, 0.717) is 18.3 Å². The van der Waals surface area contributed by atoms with E-state index in [2.05, 4.69) is 21.3 Å². The van der Waals surface area contributed by atoms with Crippen LogP contribution in [-0.2, 0) is 28.8 Å². The van der Waals surface area contributed by atoms with Crippen molar-refractivity contribution in [1.82, 2.24) is 26.2 Å². The van der Waals surface area contributed by atoms with Gasteiger partial charge in [-0.2, -0.15) is 0 Å². The summed E-state index contributed by atoms with van der Waals surface area (Å²) in [5, 5.41) is 9.55. The van der Waals surface area contributed by atoms with E-state index in [0.717, 1.165) is 29.4 Å². The highest BCUT2D eigenvalue weighted by molar-refractivity contribution is 6.13. The van der Waals surface area contributed by atoms with Gasteiger partial charge in [0.2, 0.25) is 23.6 Å². The fourth-order valence-corrected chi connectivity index (χ4v) is 4.02. The molecule has 2 bridgehead atoms. The van der Waals surface area contributed by atoms with Gasteiger partial charge in [0.05, 0.1) is 19.6 Å².